The Morgan fingerprint density at radius 2 is 2.25 bits per heavy atom. The second kappa shape index (κ2) is 4.67. The van der Waals surface area contributed by atoms with Crippen LogP contribution in [0.2, 0.25) is 0 Å². The summed E-state index contributed by atoms with van der Waals surface area (Å²) in [6.45, 7) is 4.68. The van der Waals surface area contributed by atoms with Crippen LogP contribution in [0.1, 0.15) is 20.3 Å². The topological polar surface area (TPSA) is 9.23 Å². The van der Waals surface area contributed by atoms with Gasteiger partial charge in [0.25, 0.3) is 0 Å². The summed E-state index contributed by atoms with van der Waals surface area (Å²) in [6, 6.07) is 0. The first-order chi connectivity index (χ1) is 3.77. The van der Waals surface area contributed by atoms with E-state index in [4.69, 9.17) is 11.2 Å². The summed E-state index contributed by atoms with van der Waals surface area (Å²) < 4.78 is 5.14. The standard InChI is InChI=1S/C7H12O/c1-4-5-6-8-7(2)3/h1,7H,5-6H2,2-3H3. The van der Waals surface area contributed by atoms with Crippen LogP contribution in [0.25, 0.3) is 0 Å². The number of hydrogen-bond acceptors (Lipinski definition) is 1. The van der Waals surface area contributed by atoms with Gasteiger partial charge >= 0.3 is 0 Å². The van der Waals surface area contributed by atoms with Crippen LogP contribution in [-0.2, 0) is 4.74 Å². The molecule has 0 heterocycles. The summed E-state index contributed by atoms with van der Waals surface area (Å²) >= 11 is 0. The molecule has 0 saturated heterocycles. The fraction of sp³-hybridized carbons (Fsp3) is 0.714. The molecule has 8 heavy (non-hydrogen) atoms. The predicted molar refractivity (Wildman–Crippen MR) is 34.5 cm³/mol. The highest BCUT2D eigenvalue weighted by molar-refractivity contribution is 4.82. The van der Waals surface area contributed by atoms with E-state index in [0.29, 0.717) is 12.7 Å². The van der Waals surface area contributed by atoms with Gasteiger partial charge in [0, 0.05) is 6.42 Å². The molecule has 0 aliphatic rings. The molecule has 0 atom stereocenters. The Hall–Kier alpha value is -0.480. The lowest BCUT2D eigenvalue weighted by Crippen LogP contribution is -2.02. The van der Waals surface area contributed by atoms with Crippen molar-refractivity contribution in [2.45, 2.75) is 26.4 Å². The van der Waals surface area contributed by atoms with Crippen LogP contribution in [0.3, 0.4) is 0 Å². The van der Waals surface area contributed by atoms with Crippen molar-refractivity contribution < 1.29 is 4.74 Å². The fourth-order valence-electron chi connectivity index (χ4n) is 0.354. The first-order valence-corrected chi connectivity index (χ1v) is 2.82. The summed E-state index contributed by atoms with van der Waals surface area (Å²) in [7, 11) is 0. The third-order valence-electron chi connectivity index (χ3n) is 0.698. The van der Waals surface area contributed by atoms with Gasteiger partial charge in [-0.05, 0) is 13.8 Å². The summed E-state index contributed by atoms with van der Waals surface area (Å²) in [6.07, 6.45) is 6.01. The van der Waals surface area contributed by atoms with E-state index in [0.717, 1.165) is 6.42 Å². The third kappa shape index (κ3) is 5.52. The van der Waals surface area contributed by atoms with E-state index < -0.39 is 0 Å². The highest BCUT2D eigenvalue weighted by Gasteiger charge is 1.88. The Kier molecular flexibility index (Phi) is 4.39. The molecule has 0 aliphatic carbocycles. The second-order valence-electron chi connectivity index (χ2n) is 1.87. The van der Waals surface area contributed by atoms with E-state index in [2.05, 4.69) is 5.92 Å². The van der Waals surface area contributed by atoms with Crippen LogP contribution in [0, 0.1) is 12.3 Å². The van der Waals surface area contributed by atoms with Gasteiger partial charge in [-0.15, -0.1) is 12.3 Å². The Balaban J connectivity index is 2.85. The number of rotatable bonds is 3. The van der Waals surface area contributed by atoms with Crippen molar-refractivity contribution in [2.75, 3.05) is 6.61 Å². The summed E-state index contributed by atoms with van der Waals surface area (Å²) in [4.78, 5) is 0. The molecular formula is C7H12O. The molecule has 0 fully saturated rings. The maximum Gasteiger partial charge on any atom is 0.0578 e. The van der Waals surface area contributed by atoms with E-state index in [1.165, 1.54) is 0 Å². The number of ether oxygens (including phenoxy) is 1. The van der Waals surface area contributed by atoms with E-state index >= 15 is 0 Å². The zero-order valence-corrected chi connectivity index (χ0v) is 5.48. The average Bonchev–Trinajstić information content (AvgIpc) is 1.66. The summed E-state index contributed by atoms with van der Waals surface area (Å²) in [5.41, 5.74) is 0. The summed E-state index contributed by atoms with van der Waals surface area (Å²) in [5.74, 6) is 2.50. The van der Waals surface area contributed by atoms with Crippen molar-refractivity contribution in [1.82, 2.24) is 0 Å². The lowest BCUT2D eigenvalue weighted by Gasteiger charge is -2.02. The van der Waals surface area contributed by atoms with Crippen LogP contribution in [-0.4, -0.2) is 12.7 Å². The van der Waals surface area contributed by atoms with Crippen LogP contribution in [0.5, 0.6) is 0 Å². The van der Waals surface area contributed by atoms with Gasteiger partial charge in [0.2, 0.25) is 0 Å². The van der Waals surface area contributed by atoms with Crippen LogP contribution in [0.15, 0.2) is 0 Å². The van der Waals surface area contributed by atoms with Crippen molar-refractivity contribution in [2.24, 2.45) is 0 Å². The third-order valence-corrected chi connectivity index (χ3v) is 0.698. The van der Waals surface area contributed by atoms with Crippen LogP contribution < -0.4 is 0 Å². The molecule has 0 aliphatic heterocycles. The minimum absolute atomic E-state index is 0.309. The first-order valence-electron chi connectivity index (χ1n) is 2.82. The zero-order chi connectivity index (χ0) is 6.41. The second-order valence-corrected chi connectivity index (χ2v) is 1.87. The molecule has 0 N–H and O–H groups in total. The van der Waals surface area contributed by atoms with Gasteiger partial charge in [0.1, 0.15) is 0 Å². The highest BCUT2D eigenvalue weighted by Crippen LogP contribution is 1.87. The van der Waals surface area contributed by atoms with Crippen molar-refractivity contribution in [3.8, 4) is 12.3 Å². The van der Waals surface area contributed by atoms with Gasteiger partial charge in [-0.1, -0.05) is 0 Å². The Labute approximate surface area is 51.0 Å². The van der Waals surface area contributed by atoms with E-state index in [-0.39, 0.29) is 0 Å². The monoisotopic (exact) mass is 112 g/mol. The molecule has 0 bridgehead atoms. The minimum Gasteiger partial charge on any atom is -0.378 e. The Morgan fingerprint density at radius 1 is 1.62 bits per heavy atom. The smallest absolute Gasteiger partial charge is 0.0578 e. The average molecular weight is 112 g/mol. The molecule has 0 spiro atoms. The lowest BCUT2D eigenvalue weighted by molar-refractivity contribution is 0.0836. The Morgan fingerprint density at radius 3 is 2.62 bits per heavy atom. The van der Waals surface area contributed by atoms with Crippen LogP contribution in [0.4, 0.5) is 0 Å². The minimum atomic E-state index is 0.309. The summed E-state index contributed by atoms with van der Waals surface area (Å²) in [5, 5.41) is 0. The van der Waals surface area contributed by atoms with E-state index in [9.17, 15) is 0 Å². The predicted octanol–water partition coefficient (Wildman–Crippen LogP) is 1.43. The first kappa shape index (κ1) is 7.52. The van der Waals surface area contributed by atoms with Crippen molar-refractivity contribution in [1.29, 1.82) is 0 Å². The van der Waals surface area contributed by atoms with Gasteiger partial charge in [-0.2, -0.15) is 0 Å². The number of hydrogen-bond donors (Lipinski definition) is 0. The van der Waals surface area contributed by atoms with E-state index in [1.807, 2.05) is 13.8 Å². The molecule has 0 rings (SSSR count). The fourth-order valence-corrected chi connectivity index (χ4v) is 0.354. The molecule has 0 unspecified atom stereocenters. The molecule has 46 valence electrons. The van der Waals surface area contributed by atoms with E-state index in [1.54, 1.807) is 0 Å². The van der Waals surface area contributed by atoms with Crippen molar-refractivity contribution in [3.05, 3.63) is 0 Å². The molecular weight excluding hydrogens is 100 g/mol. The molecule has 0 radical (unpaired) electrons. The molecule has 0 aromatic rings. The zero-order valence-electron chi connectivity index (χ0n) is 5.48. The molecule has 0 aromatic heterocycles. The number of terminal acetylenes is 1. The normalized spacial score (nSPS) is 9.25. The molecule has 0 saturated carbocycles. The van der Waals surface area contributed by atoms with Gasteiger partial charge in [0.15, 0.2) is 0 Å². The van der Waals surface area contributed by atoms with Crippen molar-refractivity contribution >= 4 is 0 Å². The van der Waals surface area contributed by atoms with Gasteiger partial charge in [-0.3, -0.25) is 0 Å². The largest absolute Gasteiger partial charge is 0.378 e. The maximum absolute atomic E-state index is 5.14. The SMILES string of the molecule is C#CCCOC(C)C. The maximum atomic E-state index is 5.14. The van der Waals surface area contributed by atoms with Gasteiger partial charge in [0.05, 0.1) is 12.7 Å². The molecule has 1 nitrogen and oxygen atoms in total. The molecule has 0 amide bonds. The highest BCUT2D eigenvalue weighted by atomic mass is 16.5. The van der Waals surface area contributed by atoms with Crippen molar-refractivity contribution in [3.63, 3.8) is 0 Å². The molecule has 0 aromatic carbocycles. The van der Waals surface area contributed by atoms with Gasteiger partial charge < -0.3 is 4.74 Å². The quantitative estimate of drug-likeness (QED) is 0.396. The lowest BCUT2D eigenvalue weighted by atomic mass is 10.4. The Bertz CT molecular complexity index is 78.9. The van der Waals surface area contributed by atoms with Gasteiger partial charge in [-0.25, -0.2) is 0 Å². The van der Waals surface area contributed by atoms with Crippen LogP contribution >= 0.6 is 0 Å². The molecule has 1 heteroatoms.